The van der Waals surface area contributed by atoms with Crippen LogP contribution in [0.2, 0.25) is 0 Å². The van der Waals surface area contributed by atoms with Crippen molar-refractivity contribution in [2.45, 2.75) is 19.0 Å². The summed E-state index contributed by atoms with van der Waals surface area (Å²) in [6.45, 7) is 3.88. The Morgan fingerprint density at radius 1 is 1.22 bits per heavy atom. The predicted molar refractivity (Wildman–Crippen MR) is 67.9 cm³/mol. The third-order valence-corrected chi connectivity index (χ3v) is 2.70. The van der Waals surface area contributed by atoms with Crippen molar-refractivity contribution in [3.8, 4) is 0 Å². The van der Waals surface area contributed by atoms with Gasteiger partial charge in [-0.1, -0.05) is 0 Å². The van der Waals surface area contributed by atoms with E-state index in [4.69, 9.17) is 20.1 Å². The summed E-state index contributed by atoms with van der Waals surface area (Å²) in [6, 6.07) is -0.400. The number of carbonyl (C=O) groups is 1. The van der Waals surface area contributed by atoms with Crippen molar-refractivity contribution in [3.63, 3.8) is 0 Å². The summed E-state index contributed by atoms with van der Waals surface area (Å²) in [5.74, 6) is 4.92. The number of ether oxygens (including phenoxy) is 3. The van der Waals surface area contributed by atoms with Gasteiger partial charge in [0.05, 0.1) is 19.8 Å². The van der Waals surface area contributed by atoms with Crippen molar-refractivity contribution in [1.29, 1.82) is 0 Å². The van der Waals surface area contributed by atoms with Gasteiger partial charge in [0, 0.05) is 33.9 Å². The molecule has 3 N–H and O–H groups in total. The molecule has 0 bridgehead atoms. The molecular formula is C11H25N3O4. The average Bonchev–Trinajstić information content (AvgIpc) is 2.37. The Morgan fingerprint density at radius 2 is 1.83 bits per heavy atom. The SMILES string of the molecule is COCCN(C(C)COC)C(COC)C(=O)NN. The third kappa shape index (κ3) is 5.74. The summed E-state index contributed by atoms with van der Waals surface area (Å²) in [5, 5.41) is 0. The lowest BCUT2D eigenvalue weighted by Crippen LogP contribution is -2.55. The fourth-order valence-corrected chi connectivity index (χ4v) is 1.79. The summed E-state index contributed by atoms with van der Waals surface area (Å²) in [4.78, 5) is 13.7. The lowest BCUT2D eigenvalue weighted by Gasteiger charge is -2.34. The zero-order chi connectivity index (χ0) is 14.0. The minimum Gasteiger partial charge on any atom is -0.383 e. The Balaban J connectivity index is 4.77. The number of hydrazine groups is 1. The molecule has 2 unspecified atom stereocenters. The molecule has 0 aromatic carbocycles. The second-order valence-corrected chi connectivity index (χ2v) is 4.01. The molecule has 7 heteroatoms. The van der Waals surface area contributed by atoms with E-state index in [0.717, 1.165) is 0 Å². The molecule has 0 saturated carbocycles. The van der Waals surface area contributed by atoms with Crippen molar-refractivity contribution < 1.29 is 19.0 Å². The molecule has 0 aromatic heterocycles. The van der Waals surface area contributed by atoms with Gasteiger partial charge in [-0.05, 0) is 6.92 Å². The molecule has 0 saturated heterocycles. The first-order valence-electron chi connectivity index (χ1n) is 5.85. The van der Waals surface area contributed by atoms with Crippen LogP contribution in [-0.2, 0) is 19.0 Å². The first kappa shape index (κ1) is 17.3. The largest absolute Gasteiger partial charge is 0.383 e. The quantitative estimate of drug-likeness (QED) is 0.298. The van der Waals surface area contributed by atoms with Crippen LogP contribution in [0.4, 0.5) is 0 Å². The van der Waals surface area contributed by atoms with Gasteiger partial charge < -0.3 is 14.2 Å². The molecule has 0 aliphatic rings. The van der Waals surface area contributed by atoms with E-state index < -0.39 is 6.04 Å². The van der Waals surface area contributed by atoms with Crippen LogP contribution in [-0.4, -0.2) is 70.6 Å². The van der Waals surface area contributed by atoms with Gasteiger partial charge in [0.1, 0.15) is 6.04 Å². The number of carbonyl (C=O) groups excluding carboxylic acids is 1. The predicted octanol–water partition coefficient (Wildman–Crippen LogP) is -1.03. The van der Waals surface area contributed by atoms with E-state index in [1.807, 2.05) is 11.8 Å². The molecule has 0 aromatic rings. The van der Waals surface area contributed by atoms with Crippen molar-refractivity contribution in [2.75, 3.05) is 47.7 Å². The lowest BCUT2D eigenvalue weighted by atomic mass is 10.2. The van der Waals surface area contributed by atoms with Crippen LogP contribution >= 0.6 is 0 Å². The molecule has 0 aliphatic carbocycles. The summed E-state index contributed by atoms with van der Waals surface area (Å²) >= 11 is 0. The highest BCUT2D eigenvalue weighted by Crippen LogP contribution is 2.07. The van der Waals surface area contributed by atoms with E-state index in [9.17, 15) is 4.79 Å². The molecule has 0 spiro atoms. The van der Waals surface area contributed by atoms with Gasteiger partial charge in [0.25, 0.3) is 5.91 Å². The van der Waals surface area contributed by atoms with Crippen molar-refractivity contribution in [2.24, 2.45) is 5.84 Å². The highest BCUT2D eigenvalue weighted by Gasteiger charge is 2.28. The monoisotopic (exact) mass is 263 g/mol. The molecule has 108 valence electrons. The number of methoxy groups -OCH3 is 3. The number of hydrogen-bond acceptors (Lipinski definition) is 6. The smallest absolute Gasteiger partial charge is 0.253 e. The van der Waals surface area contributed by atoms with E-state index in [2.05, 4.69) is 5.43 Å². The third-order valence-electron chi connectivity index (χ3n) is 2.70. The maximum atomic E-state index is 11.8. The van der Waals surface area contributed by atoms with Crippen molar-refractivity contribution >= 4 is 5.91 Å². The Morgan fingerprint density at radius 3 is 2.28 bits per heavy atom. The lowest BCUT2D eigenvalue weighted by molar-refractivity contribution is -0.130. The van der Waals surface area contributed by atoms with E-state index in [0.29, 0.717) is 19.8 Å². The minimum atomic E-state index is -0.458. The van der Waals surface area contributed by atoms with Gasteiger partial charge in [-0.3, -0.25) is 15.1 Å². The van der Waals surface area contributed by atoms with Gasteiger partial charge in [0.2, 0.25) is 0 Å². The summed E-state index contributed by atoms with van der Waals surface area (Å²) in [7, 11) is 4.79. The van der Waals surface area contributed by atoms with E-state index in [1.165, 1.54) is 0 Å². The molecule has 0 heterocycles. The number of nitrogens with zero attached hydrogens (tertiary/aromatic N) is 1. The number of nitrogens with two attached hydrogens (primary N) is 1. The number of amides is 1. The molecule has 18 heavy (non-hydrogen) atoms. The second kappa shape index (κ2) is 10.2. The Bertz CT molecular complexity index is 228. The molecule has 0 rings (SSSR count). The van der Waals surface area contributed by atoms with Gasteiger partial charge in [-0.2, -0.15) is 0 Å². The van der Waals surface area contributed by atoms with E-state index >= 15 is 0 Å². The number of hydrogen-bond donors (Lipinski definition) is 2. The Labute approximate surface area is 109 Å². The highest BCUT2D eigenvalue weighted by molar-refractivity contribution is 5.81. The van der Waals surface area contributed by atoms with Crippen LogP contribution in [0.15, 0.2) is 0 Å². The molecule has 0 aliphatic heterocycles. The van der Waals surface area contributed by atoms with Crippen LogP contribution < -0.4 is 11.3 Å². The summed E-state index contributed by atoms with van der Waals surface area (Å²) in [5.41, 5.74) is 2.16. The Hall–Kier alpha value is -0.730. The van der Waals surface area contributed by atoms with E-state index in [-0.39, 0.29) is 18.6 Å². The summed E-state index contributed by atoms with van der Waals surface area (Å²) < 4.78 is 15.3. The molecule has 0 radical (unpaired) electrons. The highest BCUT2D eigenvalue weighted by atomic mass is 16.5. The summed E-state index contributed by atoms with van der Waals surface area (Å²) in [6.07, 6.45) is 0. The Kier molecular flexibility index (Phi) is 9.80. The standard InChI is InChI=1S/C11H25N3O4/c1-9(7-17-3)14(5-6-16-2)10(8-18-4)11(15)13-12/h9-10H,5-8,12H2,1-4H3,(H,13,15). The number of nitrogens with one attached hydrogen (secondary N) is 1. The van der Waals surface area contributed by atoms with Gasteiger partial charge in [-0.25, -0.2) is 5.84 Å². The van der Waals surface area contributed by atoms with Crippen LogP contribution in [0.1, 0.15) is 6.92 Å². The zero-order valence-corrected chi connectivity index (χ0v) is 11.6. The topological polar surface area (TPSA) is 86.0 Å². The molecule has 2 atom stereocenters. The first-order valence-corrected chi connectivity index (χ1v) is 5.85. The van der Waals surface area contributed by atoms with Crippen LogP contribution in [0.5, 0.6) is 0 Å². The van der Waals surface area contributed by atoms with Crippen LogP contribution in [0.3, 0.4) is 0 Å². The molecule has 7 nitrogen and oxygen atoms in total. The molecule has 1 amide bonds. The molecule has 0 fully saturated rings. The fraction of sp³-hybridized carbons (Fsp3) is 0.909. The second-order valence-electron chi connectivity index (χ2n) is 4.01. The molecular weight excluding hydrogens is 238 g/mol. The maximum absolute atomic E-state index is 11.8. The zero-order valence-electron chi connectivity index (χ0n) is 11.6. The first-order chi connectivity index (χ1) is 8.62. The minimum absolute atomic E-state index is 0.0580. The van der Waals surface area contributed by atoms with E-state index in [1.54, 1.807) is 21.3 Å². The average molecular weight is 263 g/mol. The van der Waals surface area contributed by atoms with Gasteiger partial charge in [-0.15, -0.1) is 0 Å². The van der Waals surface area contributed by atoms with Gasteiger partial charge >= 0.3 is 0 Å². The fourth-order valence-electron chi connectivity index (χ4n) is 1.79. The maximum Gasteiger partial charge on any atom is 0.253 e. The van der Waals surface area contributed by atoms with Gasteiger partial charge in [0.15, 0.2) is 0 Å². The van der Waals surface area contributed by atoms with Crippen LogP contribution in [0, 0.1) is 0 Å². The van der Waals surface area contributed by atoms with Crippen LogP contribution in [0.25, 0.3) is 0 Å². The number of rotatable bonds is 10. The normalized spacial score (nSPS) is 14.6. The van der Waals surface area contributed by atoms with Crippen molar-refractivity contribution in [1.82, 2.24) is 10.3 Å². The van der Waals surface area contributed by atoms with Crippen molar-refractivity contribution in [3.05, 3.63) is 0 Å².